The number of likely N-dealkylation sites (tertiary alicyclic amines) is 1. The van der Waals surface area contributed by atoms with Gasteiger partial charge in [-0.3, -0.25) is 4.99 Å². The van der Waals surface area contributed by atoms with Crippen molar-refractivity contribution in [2.75, 3.05) is 26.2 Å². The molecule has 0 bridgehead atoms. The summed E-state index contributed by atoms with van der Waals surface area (Å²) < 4.78 is 6.79. The number of piperidine rings is 1. The number of ether oxygens (including phenoxy) is 1. The number of hydrogen-bond acceptors (Lipinski definition) is 7. The van der Waals surface area contributed by atoms with Gasteiger partial charge in [-0.2, -0.15) is 4.57 Å². The third-order valence-corrected chi connectivity index (χ3v) is 3.60. The zero-order valence-corrected chi connectivity index (χ0v) is 13.7. The molecule has 2 heterocycles. The molecule has 0 radical (unpaired) electrons. The largest absolute Gasteiger partial charge is 0.858 e. The van der Waals surface area contributed by atoms with E-state index in [-0.39, 0.29) is 31.5 Å². The molecule has 1 amide bonds. The van der Waals surface area contributed by atoms with Crippen molar-refractivity contribution >= 4 is 12.0 Å². The van der Waals surface area contributed by atoms with E-state index >= 15 is 0 Å². The molecule has 1 aromatic rings. The smallest absolute Gasteiger partial charge is 0.414 e. The molecule has 0 saturated carbocycles. The van der Waals surface area contributed by atoms with Crippen LogP contribution in [0.1, 0.15) is 24.8 Å². The van der Waals surface area contributed by atoms with E-state index in [1.165, 1.54) is 6.20 Å². The molecule has 1 aliphatic heterocycles. The lowest BCUT2D eigenvalue weighted by atomic mass is 10.1. The van der Waals surface area contributed by atoms with Crippen LogP contribution in [-0.2, 0) is 16.3 Å². The van der Waals surface area contributed by atoms with Crippen molar-refractivity contribution in [3.8, 4) is 0 Å². The van der Waals surface area contributed by atoms with Gasteiger partial charge in [-0.15, -0.1) is 10.1 Å². The van der Waals surface area contributed by atoms with Gasteiger partial charge in [0.1, 0.15) is 6.61 Å². The topological polar surface area (TPSA) is 121 Å². The number of aliphatic imine (C=N–C) groups is 1. The Balaban J connectivity index is 1.86. The standard InChI is InChI=1S/C15H20N4O6/c20-14(16-6-10-25-19(22)23)13-5-4-7-17(11-13)12-24-15(21)18-8-2-1-3-9-18/h4-5,7,11H,1-3,6,8-10,12H2. The predicted octanol–water partition coefficient (Wildman–Crippen LogP) is -0.131. The average molecular weight is 352 g/mol. The third-order valence-electron chi connectivity index (χ3n) is 3.60. The van der Waals surface area contributed by atoms with Gasteiger partial charge >= 0.3 is 6.09 Å². The minimum atomic E-state index is -0.937. The Hall–Kier alpha value is -2.91. The van der Waals surface area contributed by atoms with Gasteiger partial charge in [-0.1, -0.05) is 0 Å². The summed E-state index contributed by atoms with van der Waals surface area (Å²) in [6, 6.07) is 3.19. The molecule has 0 aliphatic carbocycles. The molecule has 1 aromatic heterocycles. The molecule has 10 heteroatoms. The van der Waals surface area contributed by atoms with Gasteiger partial charge in [0, 0.05) is 24.7 Å². The number of aromatic nitrogens is 1. The summed E-state index contributed by atoms with van der Waals surface area (Å²) in [5.74, 6) is -0.524. The maximum atomic E-state index is 12.0. The van der Waals surface area contributed by atoms with Crippen LogP contribution in [0.5, 0.6) is 0 Å². The first-order valence-corrected chi connectivity index (χ1v) is 7.96. The second-order valence-corrected chi connectivity index (χ2v) is 5.44. The highest BCUT2D eigenvalue weighted by atomic mass is 16.9. The fraction of sp³-hybridized carbons (Fsp3) is 0.533. The van der Waals surface area contributed by atoms with Crippen LogP contribution in [0.15, 0.2) is 29.5 Å². The number of carbonyl (C=O) groups is 1. The Morgan fingerprint density at radius 1 is 1.36 bits per heavy atom. The highest BCUT2D eigenvalue weighted by Crippen LogP contribution is 2.09. The number of nitrogens with zero attached hydrogens (tertiary/aromatic N) is 4. The zero-order chi connectivity index (χ0) is 18.1. The average Bonchev–Trinajstić information content (AvgIpc) is 2.64. The molecule has 10 nitrogen and oxygen atoms in total. The van der Waals surface area contributed by atoms with E-state index in [1.54, 1.807) is 27.8 Å². The van der Waals surface area contributed by atoms with Gasteiger partial charge in [0.15, 0.2) is 12.4 Å². The van der Waals surface area contributed by atoms with Crippen molar-refractivity contribution in [2.45, 2.75) is 26.0 Å². The van der Waals surface area contributed by atoms with Crippen LogP contribution >= 0.6 is 0 Å². The normalized spacial score (nSPS) is 14.9. The SMILES string of the molecule is O=C(OC[n+]1cccc(C([O-])=NCCO[N+](=O)[O-])c1)N1CCCCC1. The van der Waals surface area contributed by atoms with Crippen LogP contribution in [0, 0.1) is 10.1 Å². The summed E-state index contributed by atoms with van der Waals surface area (Å²) in [5, 5.41) is 21.0. The van der Waals surface area contributed by atoms with Crippen molar-refractivity contribution in [1.82, 2.24) is 4.90 Å². The van der Waals surface area contributed by atoms with E-state index < -0.39 is 11.0 Å². The fourth-order valence-corrected chi connectivity index (χ4v) is 2.38. The molecule has 0 unspecified atom stereocenters. The second-order valence-electron chi connectivity index (χ2n) is 5.44. The quantitative estimate of drug-likeness (QED) is 0.168. The minimum Gasteiger partial charge on any atom is -0.858 e. The summed E-state index contributed by atoms with van der Waals surface area (Å²) in [5.41, 5.74) is 0.289. The van der Waals surface area contributed by atoms with Gasteiger partial charge in [-0.25, -0.2) is 4.79 Å². The fourth-order valence-electron chi connectivity index (χ4n) is 2.38. The highest BCUT2D eigenvalue weighted by Gasteiger charge is 2.18. The molecular weight excluding hydrogens is 332 g/mol. The summed E-state index contributed by atoms with van der Waals surface area (Å²) in [4.78, 5) is 31.4. The molecular formula is C15H20N4O6. The van der Waals surface area contributed by atoms with E-state index in [2.05, 4.69) is 9.83 Å². The van der Waals surface area contributed by atoms with Crippen LogP contribution in [0.2, 0.25) is 0 Å². The lowest BCUT2D eigenvalue weighted by molar-refractivity contribution is -0.757. The molecule has 2 rings (SSSR count). The minimum absolute atomic E-state index is 0.0130. The van der Waals surface area contributed by atoms with Gasteiger partial charge in [0.25, 0.3) is 11.8 Å². The number of amides is 1. The van der Waals surface area contributed by atoms with E-state index in [4.69, 9.17) is 4.74 Å². The monoisotopic (exact) mass is 352 g/mol. The Bertz CT molecular complexity index is 630. The van der Waals surface area contributed by atoms with Gasteiger partial charge < -0.3 is 19.6 Å². The molecule has 0 spiro atoms. The molecule has 1 fully saturated rings. The zero-order valence-electron chi connectivity index (χ0n) is 13.7. The summed E-state index contributed by atoms with van der Waals surface area (Å²) in [6.45, 7) is 0.999. The summed E-state index contributed by atoms with van der Waals surface area (Å²) >= 11 is 0. The predicted molar refractivity (Wildman–Crippen MR) is 82.9 cm³/mol. The van der Waals surface area contributed by atoms with Gasteiger partial charge in [-0.05, 0) is 31.2 Å². The van der Waals surface area contributed by atoms with Crippen molar-refractivity contribution in [3.05, 3.63) is 40.2 Å². The first-order chi connectivity index (χ1) is 12.1. The van der Waals surface area contributed by atoms with Crippen molar-refractivity contribution in [2.24, 2.45) is 4.99 Å². The van der Waals surface area contributed by atoms with Crippen LogP contribution in [0.4, 0.5) is 4.79 Å². The third kappa shape index (κ3) is 6.24. The van der Waals surface area contributed by atoms with Gasteiger partial charge in [0.05, 0.1) is 6.54 Å². The van der Waals surface area contributed by atoms with Gasteiger partial charge in [0.2, 0.25) is 0 Å². The lowest BCUT2D eigenvalue weighted by Gasteiger charge is -2.25. The van der Waals surface area contributed by atoms with E-state index in [0.717, 1.165) is 19.3 Å². The highest BCUT2D eigenvalue weighted by molar-refractivity contribution is 5.89. The Morgan fingerprint density at radius 2 is 2.12 bits per heavy atom. The number of pyridine rings is 1. The van der Waals surface area contributed by atoms with E-state index in [9.17, 15) is 20.0 Å². The summed E-state index contributed by atoms with van der Waals surface area (Å²) in [7, 11) is 0. The molecule has 25 heavy (non-hydrogen) atoms. The second kappa shape index (κ2) is 9.40. The van der Waals surface area contributed by atoms with E-state index in [1.807, 2.05) is 0 Å². The molecule has 1 saturated heterocycles. The number of carbonyl (C=O) groups excluding carboxylic acids is 1. The maximum absolute atomic E-state index is 12.0. The molecule has 0 aromatic carbocycles. The van der Waals surface area contributed by atoms with Crippen molar-refractivity contribution < 1.29 is 29.1 Å². The first kappa shape index (κ1) is 18.4. The van der Waals surface area contributed by atoms with Crippen molar-refractivity contribution in [1.29, 1.82) is 0 Å². The number of hydrogen-bond donors (Lipinski definition) is 0. The van der Waals surface area contributed by atoms with Crippen LogP contribution in [0.25, 0.3) is 0 Å². The van der Waals surface area contributed by atoms with Crippen LogP contribution in [-0.4, -0.2) is 48.2 Å². The van der Waals surface area contributed by atoms with Crippen LogP contribution in [0.3, 0.4) is 0 Å². The van der Waals surface area contributed by atoms with E-state index in [0.29, 0.717) is 13.1 Å². The Kier molecular flexibility index (Phi) is 6.93. The Labute approximate surface area is 144 Å². The molecule has 136 valence electrons. The van der Waals surface area contributed by atoms with Crippen LogP contribution < -0.4 is 9.67 Å². The first-order valence-electron chi connectivity index (χ1n) is 7.96. The maximum Gasteiger partial charge on any atom is 0.414 e. The molecule has 0 N–H and O–H groups in total. The lowest BCUT2D eigenvalue weighted by Crippen LogP contribution is -2.42. The van der Waals surface area contributed by atoms with Crippen molar-refractivity contribution in [3.63, 3.8) is 0 Å². The summed E-state index contributed by atoms with van der Waals surface area (Å²) in [6.07, 6.45) is 5.88. The Morgan fingerprint density at radius 3 is 2.84 bits per heavy atom. The molecule has 1 aliphatic rings. The molecule has 0 atom stereocenters. The number of rotatable bonds is 7.